The van der Waals surface area contributed by atoms with E-state index in [0.717, 1.165) is 0 Å². The second-order valence-electron chi connectivity index (χ2n) is 0.598. The Hall–Kier alpha value is -0.570. The van der Waals surface area contributed by atoms with Gasteiger partial charge in [-0.25, -0.2) is 0 Å². The van der Waals surface area contributed by atoms with E-state index < -0.39 is 5.97 Å². The molecular formula is C2H5NO2. The molecule has 0 atom stereocenters. The van der Waals surface area contributed by atoms with Gasteiger partial charge in [-0.05, 0) is 0 Å². The zero-order valence-corrected chi connectivity index (χ0v) is 2.64. The van der Waals surface area contributed by atoms with E-state index in [0.29, 0.717) is 0 Å². The summed E-state index contributed by atoms with van der Waals surface area (Å²) >= 11 is 0. The normalized spacial score (nSPS) is 7.40. The van der Waals surface area contributed by atoms with Crippen molar-refractivity contribution in [3.8, 4) is 0 Å². The van der Waals surface area contributed by atoms with E-state index in [1.54, 1.807) is 0 Å². The molecule has 0 aromatic heterocycles. The van der Waals surface area contributed by atoms with E-state index in [1.807, 2.05) is 0 Å². The summed E-state index contributed by atoms with van der Waals surface area (Å²) < 4.78 is 0. The molecule has 5 heavy (non-hydrogen) atoms. The monoisotopic (exact) mass is 74.0 g/mol. The zero-order valence-electron chi connectivity index (χ0n) is 2.64. The minimum atomic E-state index is -0.968. The number of carboxylic acids is 1. The van der Waals surface area contributed by atoms with Crippen LogP contribution in [0, 0.1) is 0 Å². The van der Waals surface area contributed by atoms with E-state index >= 15 is 0 Å². The van der Waals surface area contributed by atoms with Crippen LogP contribution in [0.15, 0.2) is 0 Å². The van der Waals surface area contributed by atoms with E-state index in [1.165, 1.54) is 0 Å². The minimum Gasteiger partial charge on any atom is -0.480 e. The van der Waals surface area contributed by atoms with Gasteiger partial charge in [0.25, 0.3) is 0 Å². The van der Waals surface area contributed by atoms with Crippen LogP contribution in [0.5, 0.6) is 0 Å². The Morgan fingerprint density at radius 3 is 2.20 bits per heavy atom. The minimum absolute atomic E-state index is 0.278. The van der Waals surface area contributed by atoms with Gasteiger partial charge in [0.2, 0.25) is 0 Å². The number of nitrogens with two attached hydrogens (primary N) is 1. The largest absolute Gasteiger partial charge is 0.480 e. The van der Waals surface area contributed by atoms with Crippen LogP contribution in [0.2, 0.25) is 0 Å². The van der Waals surface area contributed by atoms with Gasteiger partial charge in [0.1, 0.15) is 0 Å². The average Bonchev–Trinajstić information content (AvgIpc) is 1.38. The van der Waals surface area contributed by atoms with Crippen molar-refractivity contribution in [2.75, 3.05) is 6.54 Å². The first kappa shape index (κ1) is 4.43. The molecule has 0 aliphatic rings. The predicted octanol–water partition coefficient (Wildman–Crippen LogP) is -0.970. The standard InChI is InChI=1S/C2H5NO2/c3-1-2(4)5/h1,3H2,(H,4,5)/i2-1. The molecule has 0 aliphatic heterocycles. The lowest BCUT2D eigenvalue weighted by Crippen LogP contribution is -2.10. The summed E-state index contributed by atoms with van der Waals surface area (Å²) in [4.78, 5) is 9.24. The summed E-state index contributed by atoms with van der Waals surface area (Å²) in [7, 11) is 0. The van der Waals surface area contributed by atoms with Gasteiger partial charge in [-0.15, -0.1) is 0 Å². The lowest BCUT2D eigenvalue weighted by atomic mass is 10.1. The van der Waals surface area contributed by atoms with Crippen molar-refractivity contribution >= 4 is 5.97 Å². The van der Waals surface area contributed by atoms with E-state index in [-0.39, 0.29) is 6.54 Å². The molecule has 3 N–H and O–H groups in total. The Labute approximate surface area is 29.4 Å². The SMILES string of the molecule is NC[11C](=O)O. The summed E-state index contributed by atoms with van der Waals surface area (Å²) in [5.41, 5.74) is 4.57. The highest BCUT2D eigenvalue weighted by molar-refractivity contribution is 5.68. The van der Waals surface area contributed by atoms with Crippen molar-refractivity contribution in [2.45, 2.75) is 0 Å². The molecule has 0 radical (unpaired) electrons. The first-order valence-electron chi connectivity index (χ1n) is 1.19. The second-order valence-corrected chi connectivity index (χ2v) is 0.598. The third kappa shape index (κ3) is 3.43. The number of hydrogen-bond acceptors (Lipinski definition) is 2. The van der Waals surface area contributed by atoms with E-state index in [9.17, 15) is 4.79 Å². The summed E-state index contributed by atoms with van der Waals surface area (Å²) in [5.74, 6) is -0.968. The molecule has 30 valence electrons. The van der Waals surface area contributed by atoms with Crippen molar-refractivity contribution in [3.63, 3.8) is 0 Å². The van der Waals surface area contributed by atoms with Crippen LogP contribution in [-0.2, 0) is 4.79 Å². The molecule has 3 nitrogen and oxygen atoms in total. The summed E-state index contributed by atoms with van der Waals surface area (Å²) in [6.45, 7) is -0.278. The number of hydrogen-bond donors (Lipinski definition) is 2. The van der Waals surface area contributed by atoms with Gasteiger partial charge < -0.3 is 10.8 Å². The second kappa shape index (κ2) is 1.72. The fourth-order valence-corrected chi connectivity index (χ4v) is 0. The number of aliphatic carboxylic acids is 1. The van der Waals surface area contributed by atoms with Gasteiger partial charge in [-0.2, -0.15) is 0 Å². The molecule has 0 aliphatic carbocycles. The van der Waals surface area contributed by atoms with Crippen LogP contribution < -0.4 is 5.73 Å². The van der Waals surface area contributed by atoms with Crippen LogP contribution in [0.1, 0.15) is 0 Å². The Morgan fingerprint density at radius 1 is 2.00 bits per heavy atom. The molecule has 0 aromatic rings. The molecule has 0 bridgehead atoms. The smallest absolute Gasteiger partial charge is 0.317 e. The van der Waals surface area contributed by atoms with Gasteiger partial charge in [0.05, 0.1) is 6.54 Å². The summed E-state index contributed by atoms with van der Waals surface area (Å²) in [5, 5.41) is 7.60. The first-order chi connectivity index (χ1) is 2.27. The van der Waals surface area contributed by atoms with Crippen molar-refractivity contribution in [1.29, 1.82) is 0 Å². The molecule has 3 heteroatoms. The molecule has 0 saturated carbocycles. The van der Waals surface area contributed by atoms with Gasteiger partial charge in [-0.3, -0.25) is 4.79 Å². The maximum Gasteiger partial charge on any atom is 0.317 e. The predicted molar refractivity (Wildman–Crippen MR) is 16.7 cm³/mol. The van der Waals surface area contributed by atoms with Crippen molar-refractivity contribution < 1.29 is 9.90 Å². The molecule has 0 fully saturated rings. The Kier molecular flexibility index (Phi) is 1.53. The Bertz CT molecular complexity index is 42.9. The van der Waals surface area contributed by atoms with Crippen molar-refractivity contribution in [1.82, 2.24) is 0 Å². The molecule has 0 unspecified atom stereocenters. The number of carboxylic acid groups (broad SMARTS) is 1. The van der Waals surface area contributed by atoms with Crippen LogP contribution in [-0.4, -0.2) is 17.6 Å². The molecule has 0 saturated heterocycles. The van der Waals surface area contributed by atoms with E-state index in [4.69, 9.17) is 5.11 Å². The Morgan fingerprint density at radius 2 is 2.20 bits per heavy atom. The fourth-order valence-electron chi connectivity index (χ4n) is 0. The third-order valence-corrected chi connectivity index (χ3v) is 0.175. The topological polar surface area (TPSA) is 63.3 Å². The molecule has 0 amide bonds. The zero-order chi connectivity index (χ0) is 4.28. The maximum atomic E-state index is 9.24. The molecular weight excluding hydrogens is 69.0 g/mol. The van der Waals surface area contributed by atoms with Crippen molar-refractivity contribution in [2.24, 2.45) is 5.73 Å². The average molecular weight is 74.1 g/mol. The van der Waals surface area contributed by atoms with Crippen molar-refractivity contribution in [3.05, 3.63) is 0 Å². The Balaban J connectivity index is 2.85. The highest BCUT2D eigenvalue weighted by Crippen LogP contribution is 1.43. The molecule has 0 heterocycles. The molecule has 0 aromatic carbocycles. The number of rotatable bonds is 1. The van der Waals surface area contributed by atoms with Gasteiger partial charge >= 0.3 is 5.97 Å². The van der Waals surface area contributed by atoms with Crippen LogP contribution >= 0.6 is 0 Å². The van der Waals surface area contributed by atoms with Gasteiger partial charge in [0.15, 0.2) is 0 Å². The summed E-state index contributed by atoms with van der Waals surface area (Å²) in [6, 6.07) is 0. The van der Waals surface area contributed by atoms with E-state index in [2.05, 4.69) is 5.73 Å². The van der Waals surface area contributed by atoms with Crippen LogP contribution in [0.3, 0.4) is 0 Å². The highest BCUT2D eigenvalue weighted by atomic mass is 16.3. The number of carbonyl (C=O) groups is 1. The quantitative estimate of drug-likeness (QED) is 0.420. The molecule has 0 rings (SSSR count). The van der Waals surface area contributed by atoms with Gasteiger partial charge in [0, 0.05) is 0 Å². The van der Waals surface area contributed by atoms with Gasteiger partial charge in [-0.1, -0.05) is 0 Å². The lowest BCUT2D eigenvalue weighted by Gasteiger charge is -1.73. The summed E-state index contributed by atoms with van der Waals surface area (Å²) in [6.07, 6.45) is 0. The maximum absolute atomic E-state index is 9.24. The third-order valence-electron chi connectivity index (χ3n) is 0.175. The van der Waals surface area contributed by atoms with Crippen LogP contribution in [0.4, 0.5) is 0 Å². The highest BCUT2D eigenvalue weighted by Gasteiger charge is 1.81. The van der Waals surface area contributed by atoms with Crippen LogP contribution in [0.25, 0.3) is 0 Å². The first-order valence-corrected chi connectivity index (χ1v) is 1.19. The fraction of sp³-hybridized carbons (Fsp3) is 0.500. The molecule has 0 spiro atoms. The lowest BCUT2D eigenvalue weighted by molar-refractivity contribution is -0.135.